The van der Waals surface area contributed by atoms with Crippen LogP contribution >= 0.6 is 0 Å². The Morgan fingerprint density at radius 1 is 1.50 bits per heavy atom. The summed E-state index contributed by atoms with van der Waals surface area (Å²) in [7, 11) is -3.33. The van der Waals surface area contributed by atoms with Gasteiger partial charge in [-0.25, -0.2) is 12.8 Å². The van der Waals surface area contributed by atoms with Crippen LogP contribution in [0, 0.1) is 0 Å². The van der Waals surface area contributed by atoms with Gasteiger partial charge in [-0.3, -0.25) is 0 Å². The standard InChI is InChI=1S/C8H12FNO3S/c9-7-2-1-3-10(4-7)14(11,12)8-5-13-6-8/h2,8H,1,3-6H2. The number of sulfonamides is 1. The Labute approximate surface area is 82.4 Å². The first kappa shape index (κ1) is 10.1. The van der Waals surface area contributed by atoms with Crippen molar-refractivity contribution in [3.63, 3.8) is 0 Å². The zero-order valence-corrected chi connectivity index (χ0v) is 8.46. The molecule has 2 aliphatic rings. The van der Waals surface area contributed by atoms with E-state index in [2.05, 4.69) is 0 Å². The molecule has 0 bridgehead atoms. The van der Waals surface area contributed by atoms with Crippen molar-refractivity contribution in [2.45, 2.75) is 11.7 Å². The van der Waals surface area contributed by atoms with Gasteiger partial charge in [0.2, 0.25) is 10.0 Å². The van der Waals surface area contributed by atoms with Crippen molar-refractivity contribution in [2.75, 3.05) is 26.3 Å². The summed E-state index contributed by atoms with van der Waals surface area (Å²) in [5.74, 6) is -0.361. The average Bonchev–Trinajstić information content (AvgIpc) is 2.00. The fourth-order valence-corrected chi connectivity index (χ4v) is 3.11. The highest BCUT2D eigenvalue weighted by Crippen LogP contribution is 2.21. The molecule has 0 radical (unpaired) electrons. The maximum atomic E-state index is 12.9. The third-order valence-corrected chi connectivity index (χ3v) is 4.61. The SMILES string of the molecule is O=S(=O)(C1COC1)N1CCC=C(F)C1. The summed E-state index contributed by atoms with van der Waals surface area (Å²) in [6, 6.07) is 0. The van der Waals surface area contributed by atoms with Crippen LogP contribution in [-0.2, 0) is 14.8 Å². The maximum absolute atomic E-state index is 12.9. The van der Waals surface area contributed by atoms with E-state index in [0.717, 1.165) is 0 Å². The Bertz CT molecular complexity index is 348. The minimum atomic E-state index is -3.33. The quantitative estimate of drug-likeness (QED) is 0.672. The van der Waals surface area contributed by atoms with Gasteiger partial charge in [0.25, 0.3) is 0 Å². The molecule has 2 heterocycles. The van der Waals surface area contributed by atoms with Gasteiger partial charge in [-0.2, -0.15) is 4.31 Å². The van der Waals surface area contributed by atoms with Crippen LogP contribution in [0.3, 0.4) is 0 Å². The van der Waals surface area contributed by atoms with Gasteiger partial charge in [0.05, 0.1) is 19.8 Å². The number of nitrogens with zero attached hydrogens (tertiary/aromatic N) is 1. The van der Waals surface area contributed by atoms with Gasteiger partial charge in [-0.15, -0.1) is 0 Å². The molecule has 0 atom stereocenters. The molecular weight excluding hydrogens is 209 g/mol. The predicted molar refractivity (Wildman–Crippen MR) is 48.9 cm³/mol. The summed E-state index contributed by atoms with van der Waals surface area (Å²) >= 11 is 0. The molecule has 0 amide bonds. The van der Waals surface area contributed by atoms with Crippen LogP contribution in [0.2, 0.25) is 0 Å². The van der Waals surface area contributed by atoms with Crippen molar-refractivity contribution in [1.29, 1.82) is 0 Å². The number of hydrogen-bond acceptors (Lipinski definition) is 3. The van der Waals surface area contributed by atoms with E-state index in [1.165, 1.54) is 10.4 Å². The van der Waals surface area contributed by atoms with Gasteiger partial charge in [-0.05, 0) is 6.42 Å². The second kappa shape index (κ2) is 3.60. The van der Waals surface area contributed by atoms with Gasteiger partial charge in [0, 0.05) is 6.54 Å². The third kappa shape index (κ3) is 1.69. The first-order valence-electron chi connectivity index (χ1n) is 4.52. The van der Waals surface area contributed by atoms with Crippen molar-refractivity contribution in [3.8, 4) is 0 Å². The molecule has 0 aliphatic carbocycles. The van der Waals surface area contributed by atoms with Crippen molar-refractivity contribution in [3.05, 3.63) is 11.9 Å². The molecule has 0 aromatic heterocycles. The summed E-state index contributed by atoms with van der Waals surface area (Å²) < 4.78 is 42.4. The number of halogens is 1. The second-order valence-electron chi connectivity index (χ2n) is 3.48. The van der Waals surface area contributed by atoms with Crippen LogP contribution in [0.4, 0.5) is 4.39 Å². The number of hydrogen-bond donors (Lipinski definition) is 0. The molecule has 4 nitrogen and oxygen atoms in total. The van der Waals surface area contributed by atoms with E-state index >= 15 is 0 Å². The Kier molecular flexibility index (Phi) is 2.59. The summed E-state index contributed by atoms with van der Waals surface area (Å²) in [6.07, 6.45) is 1.89. The monoisotopic (exact) mass is 221 g/mol. The molecule has 2 aliphatic heterocycles. The molecule has 80 valence electrons. The molecule has 14 heavy (non-hydrogen) atoms. The summed E-state index contributed by atoms with van der Waals surface area (Å²) in [6.45, 7) is 0.749. The molecule has 0 N–H and O–H groups in total. The lowest BCUT2D eigenvalue weighted by Gasteiger charge is -2.32. The highest BCUT2D eigenvalue weighted by Gasteiger charge is 2.38. The van der Waals surface area contributed by atoms with Crippen LogP contribution in [0.1, 0.15) is 6.42 Å². The predicted octanol–water partition coefficient (Wildman–Crippen LogP) is 0.274. The van der Waals surface area contributed by atoms with Gasteiger partial charge < -0.3 is 4.74 Å². The Balaban J connectivity index is 2.10. The van der Waals surface area contributed by atoms with Crippen LogP contribution in [0.5, 0.6) is 0 Å². The van der Waals surface area contributed by atoms with Gasteiger partial charge in [0.15, 0.2) is 0 Å². The van der Waals surface area contributed by atoms with E-state index in [-0.39, 0.29) is 25.6 Å². The molecule has 1 fully saturated rings. The minimum Gasteiger partial charge on any atom is -0.378 e. The first-order chi connectivity index (χ1) is 6.60. The summed E-state index contributed by atoms with van der Waals surface area (Å²) in [4.78, 5) is 0. The number of ether oxygens (including phenoxy) is 1. The summed E-state index contributed by atoms with van der Waals surface area (Å²) in [5, 5.41) is -0.464. The zero-order chi connectivity index (χ0) is 10.2. The third-order valence-electron chi connectivity index (χ3n) is 2.46. The van der Waals surface area contributed by atoms with Crippen molar-refractivity contribution in [2.24, 2.45) is 0 Å². The van der Waals surface area contributed by atoms with Crippen molar-refractivity contribution >= 4 is 10.0 Å². The van der Waals surface area contributed by atoms with E-state index in [1.54, 1.807) is 0 Å². The minimum absolute atomic E-state index is 0.112. The molecule has 1 saturated heterocycles. The van der Waals surface area contributed by atoms with E-state index in [4.69, 9.17) is 4.74 Å². The molecule has 0 aromatic rings. The lowest BCUT2D eigenvalue weighted by Crippen LogP contribution is -2.49. The second-order valence-corrected chi connectivity index (χ2v) is 5.69. The lowest BCUT2D eigenvalue weighted by atomic mass is 10.3. The maximum Gasteiger partial charge on any atom is 0.221 e. The van der Waals surface area contributed by atoms with E-state index in [9.17, 15) is 12.8 Å². The zero-order valence-electron chi connectivity index (χ0n) is 7.65. The molecule has 0 aromatic carbocycles. The molecule has 2 rings (SSSR count). The molecule has 6 heteroatoms. The highest BCUT2D eigenvalue weighted by molar-refractivity contribution is 7.89. The van der Waals surface area contributed by atoms with Crippen molar-refractivity contribution < 1.29 is 17.5 Å². The average molecular weight is 221 g/mol. The van der Waals surface area contributed by atoms with Crippen molar-refractivity contribution in [1.82, 2.24) is 4.31 Å². The largest absolute Gasteiger partial charge is 0.378 e. The van der Waals surface area contributed by atoms with Crippen LogP contribution in [0.25, 0.3) is 0 Å². The van der Waals surface area contributed by atoms with E-state index in [0.29, 0.717) is 13.0 Å². The number of rotatable bonds is 2. The Hall–Kier alpha value is -0.460. The first-order valence-corrected chi connectivity index (χ1v) is 6.02. The van der Waals surface area contributed by atoms with Crippen LogP contribution in [-0.4, -0.2) is 44.3 Å². The molecule has 0 saturated carbocycles. The van der Waals surface area contributed by atoms with Crippen LogP contribution in [0.15, 0.2) is 11.9 Å². The topological polar surface area (TPSA) is 46.6 Å². The van der Waals surface area contributed by atoms with Gasteiger partial charge in [0.1, 0.15) is 11.1 Å². The highest BCUT2D eigenvalue weighted by atomic mass is 32.2. The Morgan fingerprint density at radius 3 is 2.71 bits per heavy atom. The van der Waals surface area contributed by atoms with E-state index in [1.807, 2.05) is 0 Å². The Morgan fingerprint density at radius 2 is 2.21 bits per heavy atom. The fraction of sp³-hybridized carbons (Fsp3) is 0.750. The summed E-state index contributed by atoms with van der Waals surface area (Å²) in [5.41, 5.74) is 0. The van der Waals surface area contributed by atoms with Crippen LogP contribution < -0.4 is 0 Å². The lowest BCUT2D eigenvalue weighted by molar-refractivity contribution is 0.0392. The van der Waals surface area contributed by atoms with Gasteiger partial charge in [-0.1, -0.05) is 6.08 Å². The van der Waals surface area contributed by atoms with Gasteiger partial charge >= 0.3 is 0 Å². The smallest absolute Gasteiger partial charge is 0.221 e. The fourth-order valence-electron chi connectivity index (χ4n) is 1.49. The van der Waals surface area contributed by atoms with E-state index < -0.39 is 15.3 Å². The molecule has 0 spiro atoms. The molecule has 0 unspecified atom stereocenters. The normalized spacial score (nSPS) is 25.6. The molecular formula is C8H12FNO3S.